The van der Waals surface area contributed by atoms with Crippen molar-refractivity contribution in [1.82, 2.24) is 17.6 Å². The standard InChI is InChI=1S/C18H54ClN4PSi6/c1-25(2,3)20(22(27(7,8)9)28(10,11)12)24(19)21(26(4,5)6)23(29(13,14)15)30(16,17)18/h1-18H3. The van der Waals surface area contributed by atoms with Gasteiger partial charge in [-0.3, -0.25) is 8.68 Å². The lowest BCUT2D eigenvalue weighted by Crippen LogP contribution is -2.74. The lowest BCUT2D eigenvalue weighted by Gasteiger charge is -2.62. The second kappa shape index (κ2) is 9.85. The Kier molecular flexibility index (Phi) is 10.5. The molecular formula is C18H54ClN4PSi6. The highest BCUT2D eigenvalue weighted by Gasteiger charge is 2.53. The molecule has 0 saturated carbocycles. The van der Waals surface area contributed by atoms with E-state index in [2.05, 4.69) is 135 Å². The summed E-state index contributed by atoms with van der Waals surface area (Å²) in [4.78, 5) is 0. The van der Waals surface area contributed by atoms with Gasteiger partial charge in [-0.15, -0.1) is 0 Å². The van der Waals surface area contributed by atoms with Gasteiger partial charge in [-0.05, 0) is 0 Å². The van der Waals surface area contributed by atoms with Crippen molar-refractivity contribution in [2.75, 3.05) is 0 Å². The fourth-order valence-electron chi connectivity index (χ4n) is 4.47. The highest BCUT2D eigenvalue weighted by molar-refractivity contribution is 7.82. The number of hydrogen-bond donors (Lipinski definition) is 0. The molecule has 182 valence electrons. The van der Waals surface area contributed by atoms with Crippen LogP contribution in [0.2, 0.25) is 118 Å². The molecule has 0 radical (unpaired) electrons. The average Bonchev–Trinajstić information content (AvgIpc) is 2.32. The van der Waals surface area contributed by atoms with Crippen molar-refractivity contribution >= 4 is 68.2 Å². The van der Waals surface area contributed by atoms with Gasteiger partial charge < -0.3 is 0 Å². The first-order valence-corrected chi connectivity index (χ1v) is 34.1. The maximum absolute atomic E-state index is 7.79. The third kappa shape index (κ3) is 8.57. The van der Waals surface area contributed by atoms with E-state index in [0.717, 1.165) is 0 Å². The Bertz CT molecular complexity index is 492. The van der Waals surface area contributed by atoms with Crippen molar-refractivity contribution in [3.05, 3.63) is 0 Å². The molecule has 4 nitrogen and oxygen atoms in total. The molecule has 0 aromatic carbocycles. The topological polar surface area (TPSA) is 13.0 Å². The van der Waals surface area contributed by atoms with E-state index in [1.807, 2.05) is 0 Å². The zero-order valence-electron chi connectivity index (χ0n) is 23.6. The minimum absolute atomic E-state index is 0.966. The molecule has 0 aromatic heterocycles. The molecule has 0 heterocycles. The van der Waals surface area contributed by atoms with Crippen molar-refractivity contribution in [2.24, 2.45) is 0 Å². The Morgan fingerprint density at radius 1 is 0.367 bits per heavy atom. The maximum atomic E-state index is 7.79. The van der Waals surface area contributed by atoms with Crippen LogP contribution in [0.3, 0.4) is 0 Å². The molecule has 0 aliphatic heterocycles. The Morgan fingerprint density at radius 2 is 0.533 bits per heavy atom. The summed E-state index contributed by atoms with van der Waals surface area (Å²) < 4.78 is 11.4. The molecule has 30 heavy (non-hydrogen) atoms. The summed E-state index contributed by atoms with van der Waals surface area (Å²) >= 11 is 7.79. The first kappa shape index (κ1) is 31.9. The molecule has 0 rings (SSSR count). The van der Waals surface area contributed by atoms with Gasteiger partial charge >= 0.3 is 0 Å². The van der Waals surface area contributed by atoms with Crippen molar-refractivity contribution in [3.63, 3.8) is 0 Å². The van der Waals surface area contributed by atoms with E-state index in [1.165, 1.54) is 0 Å². The summed E-state index contributed by atoms with van der Waals surface area (Å²) in [5, 5.41) is 0. The fourth-order valence-corrected chi connectivity index (χ4v) is 45.8. The highest BCUT2D eigenvalue weighted by atomic mass is 35.7. The van der Waals surface area contributed by atoms with Crippen molar-refractivity contribution in [1.29, 1.82) is 0 Å². The predicted molar refractivity (Wildman–Crippen MR) is 160 cm³/mol. The number of rotatable bonds is 10. The molecule has 0 saturated heterocycles. The van der Waals surface area contributed by atoms with Gasteiger partial charge in [0.15, 0.2) is 7.58 Å². The SMILES string of the molecule is C[Si](C)(C)N(N([Si](C)(C)C)[Si](C)(C)C)P(Cl)N(N([Si](C)(C)C)[Si](C)(C)C)[Si](C)(C)C. The molecule has 0 aromatic rings. The third-order valence-electron chi connectivity index (χ3n) is 4.43. The maximum Gasteiger partial charge on any atom is 0.152 e. The number of hydrogen-bond acceptors (Lipinski definition) is 4. The number of hydrazine groups is 2. The van der Waals surface area contributed by atoms with E-state index in [1.54, 1.807) is 0 Å². The average molecular weight is 562 g/mol. The Hall–Kier alpha value is 1.86. The van der Waals surface area contributed by atoms with E-state index < -0.39 is 57.0 Å². The molecule has 0 aliphatic carbocycles. The monoisotopic (exact) mass is 560 g/mol. The van der Waals surface area contributed by atoms with Crippen LogP contribution in [0.4, 0.5) is 0 Å². The summed E-state index contributed by atoms with van der Waals surface area (Å²) in [6.45, 7) is 45.0. The lowest BCUT2D eigenvalue weighted by molar-refractivity contribution is 0.323. The fraction of sp³-hybridized carbons (Fsp3) is 1.00. The van der Waals surface area contributed by atoms with Gasteiger partial charge in [-0.2, -0.15) is 0 Å². The zero-order chi connectivity index (χ0) is 24.9. The van der Waals surface area contributed by atoms with Gasteiger partial charge in [0, 0.05) is 0 Å². The molecule has 0 atom stereocenters. The van der Waals surface area contributed by atoms with Gasteiger partial charge in [-0.1, -0.05) is 129 Å². The third-order valence-corrected chi connectivity index (χ3v) is 30.0. The summed E-state index contributed by atoms with van der Waals surface area (Å²) in [6, 6.07) is 0. The normalized spacial score (nSPS) is 16.0. The van der Waals surface area contributed by atoms with Crippen LogP contribution < -0.4 is 0 Å². The number of nitrogens with zero attached hydrogens (tertiary/aromatic N) is 4. The van der Waals surface area contributed by atoms with Crippen molar-refractivity contribution in [2.45, 2.75) is 118 Å². The summed E-state index contributed by atoms with van der Waals surface area (Å²) in [5.74, 6) is 0. The van der Waals surface area contributed by atoms with Crippen LogP contribution in [0, 0.1) is 0 Å². The lowest BCUT2D eigenvalue weighted by atomic mass is 11.8. The van der Waals surface area contributed by atoms with Crippen molar-refractivity contribution < 1.29 is 0 Å². The van der Waals surface area contributed by atoms with E-state index >= 15 is 0 Å². The summed E-state index contributed by atoms with van der Waals surface area (Å²) in [6.07, 6.45) is 0. The van der Waals surface area contributed by atoms with Crippen LogP contribution in [0.5, 0.6) is 0 Å². The minimum atomic E-state index is -1.73. The van der Waals surface area contributed by atoms with E-state index in [0.29, 0.717) is 0 Å². The number of halogens is 1. The second-order valence-electron chi connectivity index (χ2n) is 14.5. The quantitative estimate of drug-likeness (QED) is 0.151. The van der Waals surface area contributed by atoms with Crippen LogP contribution in [0.1, 0.15) is 0 Å². The Balaban J connectivity index is 7.02. The molecule has 0 spiro atoms. The molecule has 0 fully saturated rings. The molecule has 0 N–H and O–H groups in total. The van der Waals surface area contributed by atoms with Gasteiger partial charge in [0.2, 0.25) is 0 Å². The van der Waals surface area contributed by atoms with Crippen LogP contribution in [-0.2, 0) is 0 Å². The van der Waals surface area contributed by atoms with Gasteiger partial charge in [0.25, 0.3) is 0 Å². The van der Waals surface area contributed by atoms with Crippen LogP contribution in [0.25, 0.3) is 0 Å². The molecule has 0 bridgehead atoms. The van der Waals surface area contributed by atoms with Crippen LogP contribution >= 0.6 is 18.8 Å². The van der Waals surface area contributed by atoms with Crippen LogP contribution in [0.15, 0.2) is 0 Å². The predicted octanol–water partition coefficient (Wildman–Crippen LogP) is 8.50. The van der Waals surface area contributed by atoms with Gasteiger partial charge in [-0.25, -0.2) is 8.89 Å². The highest BCUT2D eigenvalue weighted by Crippen LogP contribution is 2.58. The smallest absolute Gasteiger partial charge is 0.152 e. The first-order valence-electron chi connectivity index (χ1n) is 11.3. The molecule has 12 heteroatoms. The Labute approximate surface area is 202 Å². The van der Waals surface area contributed by atoms with Gasteiger partial charge in [0.05, 0.1) is 0 Å². The van der Waals surface area contributed by atoms with Gasteiger partial charge in [0.1, 0.15) is 49.4 Å². The first-order chi connectivity index (χ1) is 12.6. The molecule has 0 amide bonds. The second-order valence-corrected chi connectivity index (χ2v) is 46.9. The minimum Gasteiger partial charge on any atom is -0.285 e. The Morgan fingerprint density at radius 3 is 0.633 bits per heavy atom. The van der Waals surface area contributed by atoms with Crippen LogP contribution in [-0.4, -0.2) is 67.0 Å². The molecule has 0 unspecified atom stereocenters. The molecule has 0 aliphatic rings. The van der Waals surface area contributed by atoms with E-state index in [9.17, 15) is 0 Å². The van der Waals surface area contributed by atoms with E-state index in [-0.39, 0.29) is 0 Å². The van der Waals surface area contributed by atoms with E-state index in [4.69, 9.17) is 11.2 Å². The van der Waals surface area contributed by atoms with Crippen molar-refractivity contribution in [3.8, 4) is 0 Å². The zero-order valence-corrected chi connectivity index (χ0v) is 31.3. The summed E-state index contributed by atoms with van der Waals surface area (Å²) in [7, 11) is -10.9. The largest absolute Gasteiger partial charge is 0.285 e. The molecular weight excluding hydrogens is 507 g/mol. The summed E-state index contributed by atoms with van der Waals surface area (Å²) in [5.41, 5.74) is 0.